The molecule has 0 N–H and O–H groups in total. The van der Waals surface area contributed by atoms with Crippen LogP contribution in [0.4, 0.5) is 0 Å². The maximum atomic E-state index is 8.56. The van der Waals surface area contributed by atoms with E-state index in [4.69, 9.17) is 14.9 Å². The van der Waals surface area contributed by atoms with Crippen LogP contribution in [-0.2, 0) is 45.3 Å². The molecular formula is NiO4V. The summed E-state index contributed by atoms with van der Waals surface area (Å²) in [6, 6.07) is 0. The second kappa shape index (κ2) is 8.99. The van der Waals surface area contributed by atoms with Crippen LogP contribution in [0.25, 0.3) is 0 Å². The third-order valence-corrected chi connectivity index (χ3v) is 0. The van der Waals surface area contributed by atoms with Crippen LogP contribution < -0.4 is 0 Å². The van der Waals surface area contributed by atoms with Crippen molar-refractivity contribution in [2.75, 3.05) is 0 Å². The quantitative estimate of drug-likeness (QED) is 0.464. The first kappa shape index (κ1) is 9.56. The number of rotatable bonds is 0. The summed E-state index contributed by atoms with van der Waals surface area (Å²) in [5.74, 6) is 0. The Morgan fingerprint density at radius 1 is 1.00 bits per heavy atom. The summed E-state index contributed by atoms with van der Waals surface area (Å²) in [6.45, 7) is 0. The van der Waals surface area contributed by atoms with Gasteiger partial charge in [-0.15, -0.1) is 0 Å². The van der Waals surface area contributed by atoms with Crippen LogP contribution in [0.5, 0.6) is 0 Å². The van der Waals surface area contributed by atoms with E-state index in [9.17, 15) is 0 Å². The molecular weight excluding hydrogens is 174 g/mol. The van der Waals surface area contributed by atoms with E-state index in [2.05, 4.69) is 15.4 Å². The van der Waals surface area contributed by atoms with E-state index in [1.54, 1.807) is 0 Å². The summed E-state index contributed by atoms with van der Waals surface area (Å²) in [5.41, 5.74) is 0. The SMILES string of the molecule is [O]=[Ni].[O]=[V](=[O])=[O]. The van der Waals surface area contributed by atoms with E-state index in [-0.39, 0.29) is 0 Å². The Labute approximate surface area is 45.7 Å². The van der Waals surface area contributed by atoms with Gasteiger partial charge in [-0.05, 0) is 0 Å². The number of hydrogen-bond donors (Lipinski definition) is 0. The fraction of sp³-hybridized carbons (Fsp3) is 0. The molecule has 0 radical (unpaired) electrons. The molecule has 0 aliphatic heterocycles. The molecule has 0 atom stereocenters. The van der Waals surface area contributed by atoms with E-state index < -0.39 is 15.0 Å². The van der Waals surface area contributed by atoms with Crippen LogP contribution in [0, 0.1) is 0 Å². The van der Waals surface area contributed by atoms with E-state index in [0.717, 1.165) is 0 Å². The molecule has 0 aromatic rings. The zero-order valence-corrected chi connectivity index (χ0v) is 4.78. The summed E-state index contributed by atoms with van der Waals surface area (Å²) in [5, 5.41) is 0. The Morgan fingerprint density at radius 3 is 1.00 bits per heavy atom. The Morgan fingerprint density at radius 2 is 1.00 bits per heavy atom. The van der Waals surface area contributed by atoms with Gasteiger partial charge in [0.1, 0.15) is 0 Å². The van der Waals surface area contributed by atoms with E-state index >= 15 is 0 Å². The van der Waals surface area contributed by atoms with Crippen molar-refractivity contribution < 1.29 is 45.3 Å². The van der Waals surface area contributed by atoms with Gasteiger partial charge in [0.15, 0.2) is 0 Å². The van der Waals surface area contributed by atoms with Crippen molar-refractivity contribution in [2.45, 2.75) is 0 Å². The molecule has 0 aromatic carbocycles. The Balaban J connectivity index is 0. The first-order valence-electron chi connectivity index (χ1n) is 0.677. The normalized spacial score (nSPS) is 5.00. The minimum atomic E-state index is -3.94. The molecule has 0 saturated heterocycles. The predicted octanol–water partition coefficient (Wildman–Crippen LogP) is -0.480. The first-order chi connectivity index (χ1) is 2.73. The van der Waals surface area contributed by atoms with Crippen molar-refractivity contribution in [1.82, 2.24) is 0 Å². The van der Waals surface area contributed by atoms with Gasteiger partial charge in [-0.2, -0.15) is 0 Å². The van der Waals surface area contributed by atoms with Crippen LogP contribution in [-0.4, -0.2) is 0 Å². The molecule has 0 amide bonds. The average molecular weight is 174 g/mol. The molecule has 0 spiro atoms. The summed E-state index contributed by atoms with van der Waals surface area (Å²) < 4.78 is 33.6. The van der Waals surface area contributed by atoms with Crippen molar-refractivity contribution in [3.63, 3.8) is 0 Å². The van der Waals surface area contributed by atoms with Gasteiger partial charge in [-0.25, -0.2) is 0 Å². The van der Waals surface area contributed by atoms with Gasteiger partial charge in [-0.3, -0.25) is 0 Å². The van der Waals surface area contributed by atoms with Crippen LogP contribution in [0.1, 0.15) is 0 Å². The van der Waals surface area contributed by atoms with Gasteiger partial charge in [0, 0.05) is 0 Å². The molecule has 0 aliphatic carbocycles. The second-order valence-electron chi connectivity index (χ2n) is 0.224. The van der Waals surface area contributed by atoms with Gasteiger partial charge in [0.05, 0.1) is 0 Å². The third-order valence-electron chi connectivity index (χ3n) is 0. The van der Waals surface area contributed by atoms with Crippen LogP contribution in [0.2, 0.25) is 0 Å². The standard InChI is InChI=1S/Ni.4O.V. The molecule has 0 fully saturated rings. The molecule has 0 bridgehead atoms. The monoisotopic (exact) mass is 173 g/mol. The molecule has 0 heterocycles. The first-order valence-corrected chi connectivity index (χ1v) is 2.79. The van der Waals surface area contributed by atoms with Crippen LogP contribution >= 0.6 is 0 Å². The van der Waals surface area contributed by atoms with E-state index in [1.165, 1.54) is 0 Å². The topological polar surface area (TPSA) is 68.3 Å². The molecule has 6 heteroatoms. The zero-order valence-electron chi connectivity index (χ0n) is 2.40. The summed E-state index contributed by atoms with van der Waals surface area (Å²) in [7, 11) is 0. The van der Waals surface area contributed by atoms with Crippen molar-refractivity contribution in [3.05, 3.63) is 0 Å². The van der Waals surface area contributed by atoms with Gasteiger partial charge in [0.2, 0.25) is 0 Å². The molecule has 39 valence electrons. The molecule has 6 heavy (non-hydrogen) atoms. The molecule has 0 saturated carbocycles. The van der Waals surface area contributed by atoms with E-state index in [1.807, 2.05) is 0 Å². The van der Waals surface area contributed by atoms with Crippen molar-refractivity contribution >= 4 is 0 Å². The van der Waals surface area contributed by atoms with E-state index in [0.29, 0.717) is 0 Å². The third kappa shape index (κ3) is 595. The fourth-order valence-electron chi connectivity index (χ4n) is 0. The Kier molecular flexibility index (Phi) is 14.3. The molecule has 4 nitrogen and oxygen atoms in total. The van der Waals surface area contributed by atoms with Crippen molar-refractivity contribution in [2.24, 2.45) is 0 Å². The Hall–Kier alpha value is 0.278. The van der Waals surface area contributed by atoms with Gasteiger partial charge < -0.3 is 0 Å². The van der Waals surface area contributed by atoms with Gasteiger partial charge >= 0.3 is 45.3 Å². The minimum absolute atomic E-state index is 2.62. The molecule has 0 aliphatic rings. The summed E-state index contributed by atoms with van der Waals surface area (Å²) in [6.07, 6.45) is 0. The zero-order chi connectivity index (χ0) is 5.58. The summed E-state index contributed by atoms with van der Waals surface area (Å²) >= 11 is -1.31. The van der Waals surface area contributed by atoms with Crippen LogP contribution in [0.3, 0.4) is 0 Å². The summed E-state index contributed by atoms with van der Waals surface area (Å²) in [4.78, 5) is 0. The molecule has 0 unspecified atom stereocenters. The van der Waals surface area contributed by atoms with Gasteiger partial charge in [-0.1, -0.05) is 0 Å². The molecule has 0 aromatic heterocycles. The average Bonchev–Trinajstić information content (AvgIpc) is 1.41. The van der Waals surface area contributed by atoms with Crippen LogP contribution in [0.15, 0.2) is 0 Å². The van der Waals surface area contributed by atoms with Crippen molar-refractivity contribution in [1.29, 1.82) is 0 Å². The fourth-order valence-corrected chi connectivity index (χ4v) is 0. The number of hydrogen-bond acceptors (Lipinski definition) is 4. The maximum absolute atomic E-state index is 8.56. The van der Waals surface area contributed by atoms with Gasteiger partial charge in [0.25, 0.3) is 0 Å². The molecule has 0 rings (SSSR count). The Bertz CT molecular complexity index is 87.7. The predicted molar refractivity (Wildman–Crippen MR) is 2.75 cm³/mol. The second-order valence-corrected chi connectivity index (χ2v) is 0.922. The van der Waals surface area contributed by atoms with Crippen molar-refractivity contribution in [3.8, 4) is 0 Å².